The summed E-state index contributed by atoms with van der Waals surface area (Å²) in [4.78, 5) is 10.5. The third kappa shape index (κ3) is 11.4. The highest BCUT2D eigenvalue weighted by Gasteiger charge is 2.05. The molecule has 0 aromatic heterocycles. The van der Waals surface area contributed by atoms with Gasteiger partial charge in [0.1, 0.15) is 6.61 Å². The summed E-state index contributed by atoms with van der Waals surface area (Å²) in [5.41, 5.74) is 0. The minimum absolute atomic E-state index is 0.143. The van der Waals surface area contributed by atoms with Gasteiger partial charge in [-0.2, -0.15) is 0 Å². The highest BCUT2D eigenvalue weighted by atomic mass is 16.5. The van der Waals surface area contributed by atoms with Crippen LogP contribution in [-0.2, 0) is 9.53 Å². The van der Waals surface area contributed by atoms with E-state index in [1.165, 1.54) is 32.6 Å². The van der Waals surface area contributed by atoms with Crippen LogP contribution in [0.3, 0.4) is 0 Å². The van der Waals surface area contributed by atoms with Gasteiger partial charge in [0.25, 0.3) is 0 Å². The van der Waals surface area contributed by atoms with E-state index >= 15 is 0 Å². The van der Waals surface area contributed by atoms with Gasteiger partial charge in [0, 0.05) is 6.92 Å². The third-order valence-electron chi connectivity index (χ3n) is 2.37. The first kappa shape index (κ1) is 14.4. The second-order valence-electron chi connectivity index (χ2n) is 4.01. The molecule has 3 heteroatoms. The van der Waals surface area contributed by atoms with Gasteiger partial charge in [0.2, 0.25) is 0 Å². The van der Waals surface area contributed by atoms with Gasteiger partial charge in [0.15, 0.2) is 0 Å². The summed E-state index contributed by atoms with van der Waals surface area (Å²) in [5.74, 6) is -0.322. The zero-order valence-corrected chi connectivity index (χ0v) is 10.00. The van der Waals surface area contributed by atoms with Crippen LogP contribution in [0.2, 0.25) is 0 Å². The summed E-state index contributed by atoms with van der Waals surface area (Å²) in [6, 6.07) is 0. The van der Waals surface area contributed by atoms with Crippen molar-refractivity contribution in [1.82, 2.24) is 0 Å². The molecule has 0 spiro atoms. The molecule has 0 aliphatic rings. The lowest BCUT2D eigenvalue weighted by Gasteiger charge is -2.09. The molecule has 0 saturated carbocycles. The van der Waals surface area contributed by atoms with Crippen molar-refractivity contribution in [2.45, 2.75) is 64.9 Å². The topological polar surface area (TPSA) is 46.5 Å². The lowest BCUT2D eigenvalue weighted by atomic mass is 10.1. The predicted octanol–water partition coefficient (Wildman–Crippen LogP) is 2.66. The molecule has 1 N–H and O–H groups in total. The number of carbonyl (C=O) groups is 1. The molecule has 0 aliphatic carbocycles. The molecule has 1 atom stereocenters. The Morgan fingerprint density at radius 3 is 2.40 bits per heavy atom. The zero-order valence-electron chi connectivity index (χ0n) is 10.00. The summed E-state index contributed by atoms with van der Waals surface area (Å²) in [5, 5.41) is 9.42. The predicted molar refractivity (Wildman–Crippen MR) is 60.6 cm³/mol. The maximum Gasteiger partial charge on any atom is 0.302 e. The molecule has 0 rings (SSSR count). The summed E-state index contributed by atoms with van der Waals surface area (Å²) >= 11 is 0. The van der Waals surface area contributed by atoms with E-state index in [0.29, 0.717) is 0 Å². The largest absolute Gasteiger partial charge is 0.463 e. The molecule has 15 heavy (non-hydrogen) atoms. The van der Waals surface area contributed by atoms with E-state index in [-0.39, 0.29) is 12.6 Å². The van der Waals surface area contributed by atoms with Gasteiger partial charge in [-0.1, -0.05) is 45.4 Å². The molecule has 0 aromatic carbocycles. The smallest absolute Gasteiger partial charge is 0.302 e. The molecule has 0 saturated heterocycles. The first-order valence-corrected chi connectivity index (χ1v) is 5.98. The number of aliphatic hydroxyl groups is 1. The monoisotopic (exact) mass is 216 g/mol. The van der Waals surface area contributed by atoms with Crippen molar-refractivity contribution < 1.29 is 14.6 Å². The quantitative estimate of drug-likeness (QED) is 0.476. The Labute approximate surface area is 92.8 Å². The molecule has 0 aliphatic heterocycles. The van der Waals surface area contributed by atoms with Crippen LogP contribution in [0, 0.1) is 0 Å². The van der Waals surface area contributed by atoms with E-state index in [0.717, 1.165) is 19.3 Å². The average molecular weight is 216 g/mol. The molecule has 0 radical (unpaired) electrons. The third-order valence-corrected chi connectivity index (χ3v) is 2.37. The first-order valence-electron chi connectivity index (χ1n) is 5.98. The normalized spacial score (nSPS) is 12.5. The van der Waals surface area contributed by atoms with Gasteiger partial charge < -0.3 is 9.84 Å². The molecule has 0 amide bonds. The fraction of sp³-hybridized carbons (Fsp3) is 0.917. The zero-order chi connectivity index (χ0) is 11.5. The van der Waals surface area contributed by atoms with Crippen molar-refractivity contribution in [3.8, 4) is 0 Å². The van der Waals surface area contributed by atoms with Crippen LogP contribution in [0.4, 0.5) is 0 Å². The second kappa shape index (κ2) is 9.97. The van der Waals surface area contributed by atoms with E-state index < -0.39 is 6.10 Å². The number of aliphatic hydroxyl groups excluding tert-OH is 1. The number of hydrogen-bond acceptors (Lipinski definition) is 3. The lowest BCUT2D eigenvalue weighted by molar-refractivity contribution is -0.144. The summed E-state index contributed by atoms with van der Waals surface area (Å²) in [6.07, 6.45) is 7.53. The Hall–Kier alpha value is -0.570. The molecule has 90 valence electrons. The van der Waals surface area contributed by atoms with E-state index in [4.69, 9.17) is 4.74 Å². The SMILES string of the molecule is CCCCCCCCC(O)COC(C)=O. The van der Waals surface area contributed by atoms with Crippen molar-refractivity contribution in [1.29, 1.82) is 0 Å². The molecular formula is C12H24O3. The minimum Gasteiger partial charge on any atom is -0.463 e. The molecule has 0 bridgehead atoms. The molecule has 3 nitrogen and oxygen atoms in total. The number of esters is 1. The van der Waals surface area contributed by atoms with Crippen LogP contribution >= 0.6 is 0 Å². The minimum atomic E-state index is -0.486. The Balaban J connectivity index is 3.16. The molecule has 0 aromatic rings. The summed E-state index contributed by atoms with van der Waals surface area (Å²) in [7, 11) is 0. The van der Waals surface area contributed by atoms with E-state index in [1.807, 2.05) is 0 Å². The molecule has 0 heterocycles. The van der Waals surface area contributed by atoms with Crippen molar-refractivity contribution in [3.63, 3.8) is 0 Å². The Morgan fingerprint density at radius 1 is 1.20 bits per heavy atom. The Morgan fingerprint density at radius 2 is 1.80 bits per heavy atom. The maximum atomic E-state index is 10.5. The number of rotatable bonds is 9. The van der Waals surface area contributed by atoms with Crippen LogP contribution in [0.5, 0.6) is 0 Å². The fourth-order valence-corrected chi connectivity index (χ4v) is 1.46. The second-order valence-corrected chi connectivity index (χ2v) is 4.01. The lowest BCUT2D eigenvalue weighted by Crippen LogP contribution is -2.17. The van der Waals surface area contributed by atoms with Crippen molar-refractivity contribution in [3.05, 3.63) is 0 Å². The molecular weight excluding hydrogens is 192 g/mol. The van der Waals surface area contributed by atoms with Crippen LogP contribution in [0.1, 0.15) is 58.8 Å². The number of hydrogen-bond donors (Lipinski definition) is 1. The van der Waals surface area contributed by atoms with Gasteiger partial charge in [0.05, 0.1) is 6.10 Å². The maximum absolute atomic E-state index is 10.5. The van der Waals surface area contributed by atoms with Crippen molar-refractivity contribution in [2.24, 2.45) is 0 Å². The Kier molecular flexibility index (Phi) is 9.59. The van der Waals surface area contributed by atoms with Gasteiger partial charge in [-0.25, -0.2) is 0 Å². The highest BCUT2D eigenvalue weighted by Crippen LogP contribution is 2.08. The summed E-state index contributed by atoms with van der Waals surface area (Å²) in [6.45, 7) is 3.70. The average Bonchev–Trinajstić information content (AvgIpc) is 2.20. The van der Waals surface area contributed by atoms with E-state index in [9.17, 15) is 9.90 Å². The summed E-state index contributed by atoms with van der Waals surface area (Å²) < 4.78 is 4.71. The van der Waals surface area contributed by atoms with Gasteiger partial charge in [-0.05, 0) is 6.42 Å². The molecule has 1 unspecified atom stereocenters. The van der Waals surface area contributed by atoms with E-state index in [1.54, 1.807) is 0 Å². The number of unbranched alkanes of at least 4 members (excludes halogenated alkanes) is 5. The van der Waals surface area contributed by atoms with Crippen LogP contribution in [0.15, 0.2) is 0 Å². The number of ether oxygens (including phenoxy) is 1. The first-order chi connectivity index (χ1) is 7.16. The van der Waals surface area contributed by atoms with Crippen molar-refractivity contribution in [2.75, 3.05) is 6.61 Å². The van der Waals surface area contributed by atoms with Crippen molar-refractivity contribution >= 4 is 5.97 Å². The molecule has 0 fully saturated rings. The van der Waals surface area contributed by atoms with Crippen LogP contribution in [-0.4, -0.2) is 23.8 Å². The van der Waals surface area contributed by atoms with Gasteiger partial charge in [-0.3, -0.25) is 4.79 Å². The van der Waals surface area contributed by atoms with Crippen LogP contribution < -0.4 is 0 Å². The standard InChI is InChI=1S/C12H24O3/c1-3-4-5-6-7-8-9-12(14)10-15-11(2)13/h12,14H,3-10H2,1-2H3. The van der Waals surface area contributed by atoms with Crippen LogP contribution in [0.25, 0.3) is 0 Å². The van der Waals surface area contributed by atoms with Gasteiger partial charge in [-0.15, -0.1) is 0 Å². The number of carbonyl (C=O) groups excluding carboxylic acids is 1. The highest BCUT2D eigenvalue weighted by molar-refractivity contribution is 5.65. The van der Waals surface area contributed by atoms with Gasteiger partial charge >= 0.3 is 5.97 Å². The fourth-order valence-electron chi connectivity index (χ4n) is 1.46. The Bertz CT molecular complexity index is 157. The van der Waals surface area contributed by atoms with E-state index in [2.05, 4.69) is 6.92 Å².